The fraction of sp³-hybridized carbons (Fsp3) is 0.179. The largest absolute Gasteiger partial charge is 0.383 e. The molecule has 0 saturated carbocycles. The van der Waals surface area contributed by atoms with E-state index in [1.165, 1.54) is 0 Å². The van der Waals surface area contributed by atoms with Crippen LogP contribution in [-0.4, -0.2) is 23.5 Å². The van der Waals surface area contributed by atoms with Gasteiger partial charge < -0.3 is 21.7 Å². The van der Waals surface area contributed by atoms with Crippen LogP contribution in [0, 0.1) is 24.7 Å². The van der Waals surface area contributed by atoms with Crippen LogP contribution in [0.5, 0.6) is 0 Å². The minimum absolute atomic E-state index is 0.0335. The van der Waals surface area contributed by atoms with Crippen molar-refractivity contribution < 1.29 is 9.59 Å². The van der Waals surface area contributed by atoms with Crippen LogP contribution in [0.3, 0.4) is 0 Å². The van der Waals surface area contributed by atoms with Gasteiger partial charge in [0.15, 0.2) is 0 Å². The van der Waals surface area contributed by atoms with Gasteiger partial charge in [0.2, 0.25) is 5.91 Å². The molecule has 0 saturated heterocycles. The number of aryl methyl sites for hydroxylation is 1. The van der Waals surface area contributed by atoms with Crippen molar-refractivity contribution >= 4 is 50.6 Å². The number of aromatic nitrogens is 1. The van der Waals surface area contributed by atoms with Crippen LogP contribution in [0.2, 0.25) is 0 Å². The molecule has 0 bridgehead atoms. The van der Waals surface area contributed by atoms with E-state index in [1.54, 1.807) is 17.5 Å². The molecule has 0 atom stereocenters. The second-order valence-electron chi connectivity index (χ2n) is 8.61. The maximum atomic E-state index is 12.4. The van der Waals surface area contributed by atoms with Crippen LogP contribution in [0.25, 0.3) is 21.2 Å². The van der Waals surface area contributed by atoms with Crippen LogP contribution in [0.4, 0.5) is 22.0 Å². The summed E-state index contributed by atoms with van der Waals surface area (Å²) in [7, 11) is 0. The molecule has 4 rings (SSSR count). The molecule has 0 unspecified atom stereocenters. The summed E-state index contributed by atoms with van der Waals surface area (Å²) in [5, 5.41) is 11.3. The molecule has 2 heterocycles. The lowest BCUT2D eigenvalue weighted by atomic mass is 10.0. The molecule has 5 N–H and O–H groups in total. The summed E-state index contributed by atoms with van der Waals surface area (Å²) in [6.45, 7) is 5.92. The van der Waals surface area contributed by atoms with Gasteiger partial charge in [-0.15, -0.1) is 11.3 Å². The number of anilines is 3. The summed E-state index contributed by atoms with van der Waals surface area (Å²) in [5.74, 6) is 6.41. The van der Waals surface area contributed by atoms with Crippen molar-refractivity contribution in [2.24, 2.45) is 5.92 Å². The lowest BCUT2D eigenvalue weighted by molar-refractivity contribution is -0.123. The first-order valence-electron chi connectivity index (χ1n) is 11.5. The van der Waals surface area contributed by atoms with E-state index in [1.807, 2.05) is 74.7 Å². The summed E-state index contributed by atoms with van der Waals surface area (Å²) in [5.41, 5.74) is 11.4. The molecule has 8 heteroatoms. The van der Waals surface area contributed by atoms with Crippen molar-refractivity contribution in [1.82, 2.24) is 10.3 Å². The molecule has 0 fully saturated rings. The van der Waals surface area contributed by atoms with E-state index in [2.05, 4.69) is 32.8 Å². The standard InChI is InChI=1S/C28H27N5O2S/c1-17(2)27(34)30-13-5-7-20-15-31-26(29)24-23(16-36-25(20)24)19-9-11-21(12-10-19)32-28(35)33-22-8-4-6-18(3)14-22/h4,6,8-12,14-17H,13H2,1-3H3,(H2,29,31)(H,30,34)(H2,32,33,35). The van der Waals surface area contributed by atoms with Crippen molar-refractivity contribution in [1.29, 1.82) is 0 Å². The molecule has 0 aliphatic carbocycles. The number of amides is 3. The molecule has 3 amide bonds. The Hall–Kier alpha value is -4.35. The number of carbonyl (C=O) groups excluding carboxylic acids is 2. The Morgan fingerprint density at radius 3 is 2.56 bits per heavy atom. The van der Waals surface area contributed by atoms with Crippen molar-refractivity contribution in [3.05, 3.63) is 71.2 Å². The van der Waals surface area contributed by atoms with Crippen LogP contribution < -0.4 is 21.7 Å². The zero-order chi connectivity index (χ0) is 25.7. The quantitative estimate of drug-likeness (QED) is 0.268. The summed E-state index contributed by atoms with van der Waals surface area (Å²) >= 11 is 1.55. The number of nitrogens with one attached hydrogen (secondary N) is 3. The van der Waals surface area contributed by atoms with E-state index >= 15 is 0 Å². The fourth-order valence-corrected chi connectivity index (χ4v) is 4.65. The van der Waals surface area contributed by atoms with Crippen molar-refractivity contribution in [3.8, 4) is 23.0 Å². The highest BCUT2D eigenvalue weighted by Gasteiger charge is 2.14. The number of benzene rings is 2. The van der Waals surface area contributed by atoms with Crippen molar-refractivity contribution in [3.63, 3.8) is 0 Å². The number of carbonyl (C=O) groups is 2. The third-order valence-corrected chi connectivity index (χ3v) is 6.47. The molecule has 182 valence electrons. The van der Waals surface area contributed by atoms with Crippen molar-refractivity contribution in [2.75, 3.05) is 22.9 Å². The summed E-state index contributed by atoms with van der Waals surface area (Å²) in [6, 6.07) is 14.9. The first-order valence-corrected chi connectivity index (χ1v) is 12.4. The Labute approximate surface area is 214 Å². The number of nitrogens with zero attached hydrogens (tertiary/aromatic N) is 1. The monoisotopic (exact) mass is 497 g/mol. The number of urea groups is 1. The van der Waals surface area contributed by atoms with Crippen LogP contribution in [-0.2, 0) is 4.79 Å². The molecule has 36 heavy (non-hydrogen) atoms. The van der Waals surface area contributed by atoms with E-state index < -0.39 is 0 Å². The van der Waals surface area contributed by atoms with Gasteiger partial charge >= 0.3 is 6.03 Å². The van der Waals surface area contributed by atoms with Crippen LogP contribution in [0.15, 0.2) is 60.1 Å². The number of nitrogens with two attached hydrogens (primary N) is 1. The molecule has 0 aliphatic rings. The molecule has 0 aliphatic heterocycles. The van der Waals surface area contributed by atoms with Crippen LogP contribution in [0.1, 0.15) is 25.0 Å². The number of hydrogen-bond acceptors (Lipinski definition) is 5. The predicted molar refractivity (Wildman–Crippen MR) is 148 cm³/mol. The van der Waals surface area contributed by atoms with Crippen LogP contribution >= 0.6 is 11.3 Å². The van der Waals surface area contributed by atoms with E-state index in [0.717, 1.165) is 38.0 Å². The minimum Gasteiger partial charge on any atom is -0.383 e. The maximum absolute atomic E-state index is 12.4. The van der Waals surface area contributed by atoms with E-state index in [-0.39, 0.29) is 24.4 Å². The molecule has 4 aromatic rings. The molecule has 2 aromatic carbocycles. The number of nitrogen functional groups attached to an aromatic ring is 1. The third-order valence-electron chi connectivity index (χ3n) is 5.45. The zero-order valence-electron chi connectivity index (χ0n) is 20.3. The lowest BCUT2D eigenvalue weighted by Gasteiger charge is -2.09. The van der Waals surface area contributed by atoms with Gasteiger partial charge in [0.1, 0.15) is 5.82 Å². The SMILES string of the molecule is Cc1cccc(NC(=O)Nc2ccc(-c3csc4c(C#CCNC(=O)C(C)C)cnc(N)c34)cc2)c1. The number of thiophene rings is 1. The normalized spacial score (nSPS) is 10.6. The zero-order valence-corrected chi connectivity index (χ0v) is 21.1. The Morgan fingerprint density at radius 2 is 1.83 bits per heavy atom. The molecule has 0 spiro atoms. The molecular weight excluding hydrogens is 470 g/mol. The summed E-state index contributed by atoms with van der Waals surface area (Å²) in [6.07, 6.45) is 1.66. The first kappa shape index (κ1) is 24.8. The van der Waals surface area contributed by atoms with Gasteiger partial charge in [-0.25, -0.2) is 9.78 Å². The number of rotatable bonds is 5. The van der Waals surface area contributed by atoms with Gasteiger partial charge in [0, 0.05) is 34.4 Å². The topological polar surface area (TPSA) is 109 Å². The van der Waals surface area contributed by atoms with Crippen molar-refractivity contribution in [2.45, 2.75) is 20.8 Å². The van der Waals surface area contributed by atoms with Gasteiger partial charge in [0.05, 0.1) is 16.8 Å². The average Bonchev–Trinajstić information content (AvgIpc) is 3.29. The molecule has 0 radical (unpaired) electrons. The van der Waals surface area contributed by atoms with Gasteiger partial charge in [-0.2, -0.15) is 0 Å². The Balaban J connectivity index is 1.50. The number of hydrogen-bond donors (Lipinski definition) is 4. The second kappa shape index (κ2) is 10.9. The van der Waals surface area contributed by atoms with Gasteiger partial charge in [-0.1, -0.05) is 50.0 Å². The predicted octanol–water partition coefficient (Wildman–Crippen LogP) is 5.62. The maximum Gasteiger partial charge on any atom is 0.323 e. The average molecular weight is 498 g/mol. The van der Waals surface area contributed by atoms with Gasteiger partial charge in [0.25, 0.3) is 0 Å². The number of pyridine rings is 1. The fourth-order valence-electron chi connectivity index (χ4n) is 3.59. The first-order chi connectivity index (χ1) is 17.3. The Morgan fingerprint density at radius 1 is 1.08 bits per heavy atom. The molecular formula is C28H27N5O2S. The third kappa shape index (κ3) is 5.82. The molecule has 2 aromatic heterocycles. The Bertz CT molecular complexity index is 1480. The minimum atomic E-state index is -0.310. The number of fused-ring (bicyclic) bond motifs is 1. The van der Waals surface area contributed by atoms with E-state index in [9.17, 15) is 9.59 Å². The smallest absolute Gasteiger partial charge is 0.323 e. The Kier molecular flexibility index (Phi) is 7.52. The highest BCUT2D eigenvalue weighted by molar-refractivity contribution is 7.18. The summed E-state index contributed by atoms with van der Waals surface area (Å²) < 4.78 is 0.944. The van der Waals surface area contributed by atoms with E-state index in [0.29, 0.717) is 11.5 Å². The lowest BCUT2D eigenvalue weighted by Crippen LogP contribution is -2.27. The van der Waals surface area contributed by atoms with E-state index in [4.69, 9.17) is 5.73 Å². The highest BCUT2D eigenvalue weighted by atomic mass is 32.1. The molecule has 7 nitrogen and oxygen atoms in total. The highest BCUT2D eigenvalue weighted by Crippen LogP contribution is 2.38. The second-order valence-corrected chi connectivity index (χ2v) is 9.49. The van der Waals surface area contributed by atoms with Gasteiger partial charge in [-0.3, -0.25) is 4.79 Å². The summed E-state index contributed by atoms with van der Waals surface area (Å²) in [4.78, 5) is 28.4. The van der Waals surface area contributed by atoms with Gasteiger partial charge in [-0.05, 0) is 47.7 Å².